The molecule has 286 valence electrons. The van der Waals surface area contributed by atoms with Gasteiger partial charge in [0.1, 0.15) is 12.2 Å². The Morgan fingerprint density at radius 2 is 0.854 bits per heavy atom. The molecule has 0 fully saturated rings. The molecule has 1 amide bonds. The molecule has 0 rings (SSSR count). The molecule has 0 radical (unpaired) electrons. The zero-order valence-corrected chi connectivity index (χ0v) is 32.0. The molecule has 0 bridgehead atoms. The van der Waals surface area contributed by atoms with Gasteiger partial charge in [0.05, 0.1) is 18.8 Å². The number of rotatable bonds is 38. The SMILES string of the molecule is CCCCCCC/C=C/CCCC(O)C(O)C(CO)NC(=O)C(O)CCCCCCCCCCCCCCCCCCCCCCCC. The van der Waals surface area contributed by atoms with Crippen LogP contribution in [0.2, 0.25) is 0 Å². The molecule has 0 saturated carbocycles. The van der Waals surface area contributed by atoms with Crippen LogP contribution < -0.4 is 5.32 Å². The number of amides is 1. The van der Waals surface area contributed by atoms with Gasteiger partial charge < -0.3 is 25.7 Å². The molecular formula is C42H83NO5. The van der Waals surface area contributed by atoms with Crippen molar-refractivity contribution >= 4 is 5.91 Å². The first-order valence-corrected chi connectivity index (χ1v) is 21.1. The molecule has 48 heavy (non-hydrogen) atoms. The molecule has 0 aliphatic rings. The van der Waals surface area contributed by atoms with Crippen molar-refractivity contribution in [3.63, 3.8) is 0 Å². The van der Waals surface area contributed by atoms with Gasteiger partial charge in [0.25, 0.3) is 0 Å². The third-order valence-electron chi connectivity index (χ3n) is 9.98. The van der Waals surface area contributed by atoms with E-state index in [1.165, 1.54) is 154 Å². The Kier molecular flexibility index (Phi) is 36.6. The third-order valence-corrected chi connectivity index (χ3v) is 9.98. The van der Waals surface area contributed by atoms with E-state index in [9.17, 15) is 25.2 Å². The molecule has 0 aliphatic heterocycles. The number of aliphatic hydroxyl groups excluding tert-OH is 4. The maximum absolute atomic E-state index is 12.5. The van der Waals surface area contributed by atoms with E-state index >= 15 is 0 Å². The first kappa shape index (κ1) is 47.0. The fourth-order valence-corrected chi connectivity index (χ4v) is 6.58. The van der Waals surface area contributed by atoms with Crippen molar-refractivity contribution in [3.05, 3.63) is 12.2 Å². The molecule has 0 saturated heterocycles. The number of carbonyl (C=O) groups is 1. The molecule has 0 aliphatic carbocycles. The highest BCUT2D eigenvalue weighted by atomic mass is 16.3. The van der Waals surface area contributed by atoms with E-state index in [0.29, 0.717) is 12.8 Å². The Bertz CT molecular complexity index is 687. The molecule has 0 spiro atoms. The second-order valence-corrected chi connectivity index (χ2v) is 14.7. The lowest BCUT2D eigenvalue weighted by atomic mass is 10.00. The summed E-state index contributed by atoms with van der Waals surface area (Å²) in [5, 5.41) is 43.4. The number of allylic oxidation sites excluding steroid dienone is 2. The van der Waals surface area contributed by atoms with E-state index in [1.54, 1.807) is 0 Å². The Balaban J connectivity index is 3.67. The van der Waals surface area contributed by atoms with E-state index in [1.807, 2.05) is 0 Å². The summed E-state index contributed by atoms with van der Waals surface area (Å²) in [6.07, 6.45) is 39.7. The van der Waals surface area contributed by atoms with Crippen molar-refractivity contribution in [1.29, 1.82) is 0 Å². The molecule has 0 heterocycles. The number of hydrogen-bond acceptors (Lipinski definition) is 5. The number of carbonyl (C=O) groups excluding carboxylic acids is 1. The molecule has 6 heteroatoms. The van der Waals surface area contributed by atoms with Crippen molar-refractivity contribution in [1.82, 2.24) is 5.32 Å². The maximum atomic E-state index is 12.5. The largest absolute Gasteiger partial charge is 0.394 e. The van der Waals surface area contributed by atoms with Crippen molar-refractivity contribution < 1.29 is 25.2 Å². The lowest BCUT2D eigenvalue weighted by Crippen LogP contribution is -2.53. The molecule has 0 aromatic heterocycles. The quantitative estimate of drug-likeness (QED) is 0.0329. The van der Waals surface area contributed by atoms with Gasteiger partial charge in [0.15, 0.2) is 0 Å². The highest BCUT2D eigenvalue weighted by Gasteiger charge is 2.28. The zero-order chi connectivity index (χ0) is 35.3. The minimum Gasteiger partial charge on any atom is -0.394 e. The van der Waals surface area contributed by atoms with Crippen LogP contribution in [0.25, 0.3) is 0 Å². The maximum Gasteiger partial charge on any atom is 0.249 e. The fourth-order valence-electron chi connectivity index (χ4n) is 6.58. The Labute approximate surface area is 298 Å². The number of hydrogen-bond donors (Lipinski definition) is 5. The van der Waals surface area contributed by atoms with Crippen molar-refractivity contribution in [2.75, 3.05) is 6.61 Å². The van der Waals surface area contributed by atoms with Crippen LogP contribution in [-0.2, 0) is 4.79 Å². The molecule has 4 atom stereocenters. The number of aliphatic hydroxyl groups is 4. The van der Waals surface area contributed by atoms with E-state index in [4.69, 9.17) is 0 Å². The fraction of sp³-hybridized carbons (Fsp3) is 0.929. The Morgan fingerprint density at radius 3 is 1.25 bits per heavy atom. The third kappa shape index (κ3) is 31.1. The van der Waals surface area contributed by atoms with Crippen LogP contribution in [0, 0.1) is 0 Å². The van der Waals surface area contributed by atoms with Crippen LogP contribution in [0.5, 0.6) is 0 Å². The predicted molar refractivity (Wildman–Crippen MR) is 205 cm³/mol. The summed E-state index contributed by atoms with van der Waals surface area (Å²) >= 11 is 0. The number of nitrogens with one attached hydrogen (secondary N) is 1. The summed E-state index contributed by atoms with van der Waals surface area (Å²) in [5.41, 5.74) is 0. The van der Waals surface area contributed by atoms with Crippen LogP contribution in [0.3, 0.4) is 0 Å². The van der Waals surface area contributed by atoms with Gasteiger partial charge in [-0.25, -0.2) is 0 Å². The van der Waals surface area contributed by atoms with Gasteiger partial charge in [0, 0.05) is 0 Å². The van der Waals surface area contributed by atoms with Gasteiger partial charge in [-0.05, 0) is 38.5 Å². The predicted octanol–water partition coefficient (Wildman–Crippen LogP) is 10.6. The Hall–Kier alpha value is -0.950. The van der Waals surface area contributed by atoms with Crippen LogP contribution >= 0.6 is 0 Å². The minimum absolute atomic E-state index is 0.368. The summed E-state index contributed by atoms with van der Waals surface area (Å²) in [7, 11) is 0. The van der Waals surface area contributed by atoms with Gasteiger partial charge in [0.2, 0.25) is 5.91 Å². The average molecular weight is 682 g/mol. The first-order valence-electron chi connectivity index (χ1n) is 21.1. The molecule has 0 aromatic carbocycles. The summed E-state index contributed by atoms with van der Waals surface area (Å²) in [5.74, 6) is -0.592. The minimum atomic E-state index is -1.27. The van der Waals surface area contributed by atoms with Gasteiger partial charge in [-0.1, -0.05) is 193 Å². The van der Waals surface area contributed by atoms with Crippen LogP contribution in [0.15, 0.2) is 12.2 Å². The topological polar surface area (TPSA) is 110 Å². The lowest BCUT2D eigenvalue weighted by Gasteiger charge is -2.27. The highest BCUT2D eigenvalue weighted by Crippen LogP contribution is 2.16. The lowest BCUT2D eigenvalue weighted by molar-refractivity contribution is -0.132. The Morgan fingerprint density at radius 1 is 0.500 bits per heavy atom. The smallest absolute Gasteiger partial charge is 0.249 e. The second-order valence-electron chi connectivity index (χ2n) is 14.7. The molecule has 4 unspecified atom stereocenters. The van der Waals surface area contributed by atoms with Gasteiger partial charge in [-0.15, -0.1) is 0 Å². The second kappa shape index (κ2) is 37.3. The monoisotopic (exact) mass is 682 g/mol. The molecule has 6 nitrogen and oxygen atoms in total. The van der Waals surface area contributed by atoms with Gasteiger partial charge >= 0.3 is 0 Å². The molecule has 5 N–H and O–H groups in total. The van der Waals surface area contributed by atoms with E-state index < -0.39 is 36.9 Å². The highest BCUT2D eigenvalue weighted by molar-refractivity contribution is 5.80. The van der Waals surface area contributed by atoms with Crippen molar-refractivity contribution in [2.45, 2.75) is 244 Å². The first-order chi connectivity index (χ1) is 23.5. The van der Waals surface area contributed by atoms with E-state index in [2.05, 4.69) is 31.3 Å². The normalized spacial score (nSPS) is 14.4. The van der Waals surface area contributed by atoms with Crippen molar-refractivity contribution in [2.24, 2.45) is 0 Å². The van der Waals surface area contributed by atoms with Crippen LogP contribution in [0.1, 0.15) is 219 Å². The average Bonchev–Trinajstić information content (AvgIpc) is 3.09. The number of unbranched alkanes of at least 4 members (excludes halogenated alkanes) is 27. The van der Waals surface area contributed by atoms with E-state index in [-0.39, 0.29) is 0 Å². The van der Waals surface area contributed by atoms with Gasteiger partial charge in [-0.3, -0.25) is 4.79 Å². The van der Waals surface area contributed by atoms with Gasteiger partial charge in [-0.2, -0.15) is 0 Å². The zero-order valence-electron chi connectivity index (χ0n) is 32.0. The molecular weight excluding hydrogens is 598 g/mol. The summed E-state index contributed by atoms with van der Waals surface area (Å²) < 4.78 is 0. The van der Waals surface area contributed by atoms with Crippen molar-refractivity contribution in [3.8, 4) is 0 Å². The molecule has 0 aromatic rings. The van der Waals surface area contributed by atoms with E-state index in [0.717, 1.165) is 38.5 Å². The summed E-state index contributed by atoms with van der Waals surface area (Å²) in [4.78, 5) is 12.5. The summed E-state index contributed by atoms with van der Waals surface area (Å²) in [6.45, 7) is 4.01. The van der Waals surface area contributed by atoms with Crippen LogP contribution in [-0.4, -0.2) is 57.3 Å². The standard InChI is InChI=1S/C42H83NO5/c1-3-5-7-9-11-13-15-16-17-18-19-20-21-22-23-24-25-26-28-30-32-34-36-40(46)42(48)43-38(37-44)41(47)39(45)35-33-31-29-27-14-12-10-8-6-4-2/h27,29,38-41,44-47H,3-26,28,30-37H2,1-2H3,(H,43,48)/b29-27+. The summed E-state index contributed by atoms with van der Waals surface area (Å²) in [6, 6.07) is -0.995. The van der Waals surface area contributed by atoms with Crippen LogP contribution in [0.4, 0.5) is 0 Å².